The van der Waals surface area contributed by atoms with Crippen molar-refractivity contribution in [1.82, 2.24) is 9.80 Å². The van der Waals surface area contributed by atoms with Crippen LogP contribution in [0.4, 0.5) is 8.78 Å². The van der Waals surface area contributed by atoms with Crippen molar-refractivity contribution in [3.8, 4) is 5.75 Å². The zero-order valence-electron chi connectivity index (χ0n) is 13.5. The van der Waals surface area contributed by atoms with Crippen LogP contribution in [0.5, 0.6) is 5.75 Å². The van der Waals surface area contributed by atoms with Crippen LogP contribution >= 0.6 is 12.4 Å². The Hall–Kier alpha value is -1.44. The molecule has 1 saturated heterocycles. The molecule has 5 nitrogen and oxygen atoms in total. The Morgan fingerprint density at radius 1 is 1.42 bits per heavy atom. The number of ether oxygens (including phenoxy) is 1. The number of rotatable bonds is 7. The Morgan fingerprint density at radius 2 is 2.08 bits per heavy atom. The number of hydrogen-bond donors (Lipinski definition) is 1. The number of carboxylic acid groups (broad SMARTS) is 1. The van der Waals surface area contributed by atoms with E-state index in [9.17, 15) is 13.6 Å². The van der Waals surface area contributed by atoms with E-state index in [1.54, 1.807) is 12.1 Å². The summed E-state index contributed by atoms with van der Waals surface area (Å²) in [5.74, 6) is -0.639. The van der Waals surface area contributed by atoms with Crippen LogP contribution in [-0.4, -0.2) is 60.2 Å². The fraction of sp³-hybridized carbons (Fsp3) is 0.562. The molecule has 1 aliphatic heterocycles. The van der Waals surface area contributed by atoms with Gasteiger partial charge in [0.25, 0.3) is 0 Å². The molecule has 1 aromatic rings. The lowest BCUT2D eigenvalue weighted by molar-refractivity contribution is -0.138. The maximum atomic E-state index is 12.2. The number of likely N-dealkylation sites (N-methyl/N-ethyl adjacent to an activating group) is 1. The molecule has 0 amide bonds. The van der Waals surface area contributed by atoms with Crippen molar-refractivity contribution >= 4 is 18.4 Å². The standard InChI is InChI=1S/C16H22F2N2O3.ClH/c1-19(11-15(21)22)13-5-7-20(8-6-13)10-12-3-2-4-14(9-12)23-16(17)18;/h2-4,9,13,16H,5-8,10-11H2,1H3,(H,21,22);1H. The normalized spacial score (nSPS) is 16.2. The highest BCUT2D eigenvalue weighted by Crippen LogP contribution is 2.20. The fourth-order valence-corrected chi connectivity index (χ4v) is 2.94. The van der Waals surface area contributed by atoms with Gasteiger partial charge in [-0.3, -0.25) is 14.6 Å². The van der Waals surface area contributed by atoms with Crippen LogP contribution in [0.3, 0.4) is 0 Å². The molecule has 0 aliphatic carbocycles. The second kappa shape index (κ2) is 9.76. The minimum Gasteiger partial charge on any atom is -0.480 e. The summed E-state index contributed by atoms with van der Waals surface area (Å²) in [7, 11) is 1.83. The minimum atomic E-state index is -2.81. The van der Waals surface area contributed by atoms with Gasteiger partial charge < -0.3 is 9.84 Å². The molecule has 136 valence electrons. The van der Waals surface area contributed by atoms with E-state index in [1.165, 1.54) is 6.07 Å². The van der Waals surface area contributed by atoms with Gasteiger partial charge in [0.2, 0.25) is 0 Å². The largest absolute Gasteiger partial charge is 0.480 e. The predicted octanol–water partition coefficient (Wildman–Crippen LogP) is 2.69. The molecular weight excluding hydrogens is 342 g/mol. The number of likely N-dealkylation sites (tertiary alicyclic amines) is 1. The number of hydrogen-bond acceptors (Lipinski definition) is 4. The third kappa shape index (κ3) is 6.59. The average Bonchev–Trinajstić information content (AvgIpc) is 2.47. The summed E-state index contributed by atoms with van der Waals surface area (Å²) >= 11 is 0. The number of aliphatic carboxylic acids is 1. The Bertz CT molecular complexity index is 526. The van der Waals surface area contributed by atoms with Gasteiger partial charge in [-0.25, -0.2) is 0 Å². The first-order valence-corrected chi connectivity index (χ1v) is 7.62. The van der Waals surface area contributed by atoms with Gasteiger partial charge in [0.15, 0.2) is 0 Å². The Labute approximate surface area is 146 Å². The molecule has 0 spiro atoms. The molecule has 0 saturated carbocycles. The van der Waals surface area contributed by atoms with Gasteiger partial charge in [0.1, 0.15) is 5.75 Å². The van der Waals surface area contributed by atoms with Gasteiger partial charge in [-0.1, -0.05) is 12.1 Å². The fourth-order valence-electron chi connectivity index (χ4n) is 2.94. The SMILES string of the molecule is CN(CC(=O)O)C1CCN(Cc2cccc(OC(F)F)c2)CC1.Cl. The van der Waals surface area contributed by atoms with E-state index in [0.29, 0.717) is 6.54 Å². The van der Waals surface area contributed by atoms with E-state index in [4.69, 9.17) is 5.11 Å². The van der Waals surface area contributed by atoms with E-state index in [0.717, 1.165) is 31.5 Å². The zero-order valence-corrected chi connectivity index (χ0v) is 14.3. The first-order chi connectivity index (χ1) is 10.9. The van der Waals surface area contributed by atoms with Crippen molar-refractivity contribution in [1.29, 1.82) is 0 Å². The van der Waals surface area contributed by atoms with Crippen molar-refractivity contribution < 1.29 is 23.4 Å². The molecule has 1 aliphatic rings. The number of halogens is 3. The van der Waals surface area contributed by atoms with Crippen LogP contribution in [-0.2, 0) is 11.3 Å². The number of carbonyl (C=O) groups is 1. The van der Waals surface area contributed by atoms with Crippen LogP contribution in [0.1, 0.15) is 18.4 Å². The van der Waals surface area contributed by atoms with Gasteiger partial charge in [0.05, 0.1) is 6.54 Å². The average molecular weight is 365 g/mol. The molecule has 1 aromatic carbocycles. The van der Waals surface area contributed by atoms with Crippen LogP contribution in [0, 0.1) is 0 Å². The summed E-state index contributed by atoms with van der Waals surface area (Å²) < 4.78 is 28.9. The molecule has 1 N–H and O–H groups in total. The van der Waals surface area contributed by atoms with E-state index >= 15 is 0 Å². The molecule has 0 bridgehead atoms. The highest BCUT2D eigenvalue weighted by Gasteiger charge is 2.23. The zero-order chi connectivity index (χ0) is 16.8. The van der Waals surface area contributed by atoms with Gasteiger partial charge in [-0.05, 0) is 50.7 Å². The molecule has 0 radical (unpaired) electrons. The molecule has 0 aromatic heterocycles. The van der Waals surface area contributed by atoms with Crippen LogP contribution in [0.2, 0.25) is 0 Å². The molecule has 0 atom stereocenters. The van der Waals surface area contributed by atoms with Crippen LogP contribution in [0.25, 0.3) is 0 Å². The Kier molecular flexibility index (Phi) is 8.38. The van der Waals surface area contributed by atoms with E-state index in [2.05, 4.69) is 9.64 Å². The first kappa shape index (κ1) is 20.6. The number of piperidine rings is 1. The minimum absolute atomic E-state index is 0. The summed E-state index contributed by atoms with van der Waals surface area (Å²) in [6.07, 6.45) is 1.80. The molecule has 24 heavy (non-hydrogen) atoms. The summed E-state index contributed by atoms with van der Waals surface area (Å²) in [6.45, 7) is -0.373. The summed E-state index contributed by atoms with van der Waals surface area (Å²) in [5.41, 5.74) is 0.931. The predicted molar refractivity (Wildman–Crippen MR) is 88.9 cm³/mol. The molecule has 2 rings (SSSR count). The van der Waals surface area contributed by atoms with E-state index in [-0.39, 0.29) is 30.7 Å². The first-order valence-electron chi connectivity index (χ1n) is 7.62. The molecule has 0 unspecified atom stereocenters. The topological polar surface area (TPSA) is 53.0 Å². The monoisotopic (exact) mass is 364 g/mol. The number of nitrogens with zero attached hydrogens (tertiary/aromatic N) is 2. The molecule has 1 heterocycles. The highest BCUT2D eigenvalue weighted by molar-refractivity contribution is 5.85. The van der Waals surface area contributed by atoms with Gasteiger partial charge in [0, 0.05) is 12.6 Å². The van der Waals surface area contributed by atoms with Crippen LogP contribution < -0.4 is 4.74 Å². The van der Waals surface area contributed by atoms with Crippen molar-refractivity contribution in [2.45, 2.75) is 32.0 Å². The highest BCUT2D eigenvalue weighted by atomic mass is 35.5. The third-order valence-corrected chi connectivity index (χ3v) is 4.09. The quantitative estimate of drug-likeness (QED) is 0.806. The molecular formula is C16H23ClF2N2O3. The van der Waals surface area contributed by atoms with E-state index < -0.39 is 12.6 Å². The van der Waals surface area contributed by atoms with Crippen molar-refractivity contribution in [2.24, 2.45) is 0 Å². The lowest BCUT2D eigenvalue weighted by Gasteiger charge is -2.36. The third-order valence-electron chi connectivity index (χ3n) is 4.09. The summed E-state index contributed by atoms with van der Waals surface area (Å²) in [4.78, 5) is 14.9. The summed E-state index contributed by atoms with van der Waals surface area (Å²) in [5, 5.41) is 8.83. The molecule has 1 fully saturated rings. The van der Waals surface area contributed by atoms with Crippen molar-refractivity contribution in [2.75, 3.05) is 26.7 Å². The summed E-state index contributed by atoms with van der Waals surface area (Å²) in [6, 6.07) is 7.02. The van der Waals surface area contributed by atoms with Crippen molar-refractivity contribution in [3.63, 3.8) is 0 Å². The van der Waals surface area contributed by atoms with Crippen LogP contribution in [0.15, 0.2) is 24.3 Å². The number of alkyl halides is 2. The van der Waals surface area contributed by atoms with E-state index in [1.807, 2.05) is 18.0 Å². The maximum Gasteiger partial charge on any atom is 0.387 e. The second-order valence-electron chi connectivity index (χ2n) is 5.84. The number of benzene rings is 1. The smallest absolute Gasteiger partial charge is 0.387 e. The lowest BCUT2D eigenvalue weighted by Crippen LogP contribution is -2.44. The second-order valence-corrected chi connectivity index (χ2v) is 5.84. The van der Waals surface area contributed by atoms with Gasteiger partial charge >= 0.3 is 12.6 Å². The van der Waals surface area contributed by atoms with Gasteiger partial charge in [-0.15, -0.1) is 12.4 Å². The molecule has 8 heteroatoms. The van der Waals surface area contributed by atoms with Crippen molar-refractivity contribution in [3.05, 3.63) is 29.8 Å². The maximum absolute atomic E-state index is 12.2. The lowest BCUT2D eigenvalue weighted by atomic mass is 10.0. The van der Waals surface area contributed by atoms with Gasteiger partial charge in [-0.2, -0.15) is 8.78 Å². The Balaban J connectivity index is 0.00000288. The number of carboxylic acids is 1. The Morgan fingerprint density at radius 3 is 2.67 bits per heavy atom.